The molecule has 9 heteroatoms. The number of ether oxygens (including phenoxy) is 3. The van der Waals surface area contributed by atoms with E-state index in [0.29, 0.717) is 45.0 Å². The van der Waals surface area contributed by atoms with Gasteiger partial charge in [-0.05, 0) is 39.0 Å². The molecule has 2 N–H and O–H groups in total. The fourth-order valence-corrected chi connectivity index (χ4v) is 2.40. The van der Waals surface area contributed by atoms with E-state index in [0.717, 1.165) is 5.52 Å². The first-order chi connectivity index (χ1) is 13.3. The molecule has 1 aromatic carbocycles. The molecule has 0 aliphatic rings. The van der Waals surface area contributed by atoms with E-state index in [9.17, 15) is 9.59 Å². The van der Waals surface area contributed by atoms with Crippen LogP contribution >= 0.6 is 0 Å². The summed E-state index contributed by atoms with van der Waals surface area (Å²) in [7, 11) is 0. The maximum Gasteiger partial charge on any atom is 0.407 e. The largest absolute Gasteiger partial charge is 0.478 e. The van der Waals surface area contributed by atoms with E-state index in [1.807, 2.05) is 4.57 Å². The first kappa shape index (κ1) is 21.6. The Hall–Kier alpha value is -2.65. The number of carboxylic acids is 1. The SMILES string of the molecule is CC(C)(C)OC(=O)NCCOCCOCCn1cnc2cc(C(=O)O)ccc21. The van der Waals surface area contributed by atoms with Crippen molar-refractivity contribution in [3.8, 4) is 0 Å². The summed E-state index contributed by atoms with van der Waals surface area (Å²) in [5.41, 5.74) is 1.20. The second-order valence-corrected chi connectivity index (χ2v) is 7.10. The lowest BCUT2D eigenvalue weighted by Crippen LogP contribution is -2.34. The molecule has 0 aliphatic heterocycles. The van der Waals surface area contributed by atoms with Crippen molar-refractivity contribution in [1.29, 1.82) is 0 Å². The lowest BCUT2D eigenvalue weighted by molar-refractivity contribution is 0.0384. The van der Waals surface area contributed by atoms with Crippen LogP contribution in [0.25, 0.3) is 11.0 Å². The normalized spacial score (nSPS) is 11.5. The van der Waals surface area contributed by atoms with Crippen molar-refractivity contribution < 1.29 is 28.9 Å². The maximum atomic E-state index is 11.4. The van der Waals surface area contributed by atoms with Gasteiger partial charge in [-0.2, -0.15) is 0 Å². The Morgan fingerprint density at radius 1 is 1.14 bits per heavy atom. The Morgan fingerprint density at radius 3 is 2.54 bits per heavy atom. The molecule has 0 spiro atoms. The standard InChI is InChI=1S/C19H27N3O6/c1-19(2,3)28-18(25)20-6-8-26-10-11-27-9-7-22-13-21-15-12-14(17(23)24)4-5-16(15)22/h4-5,12-13H,6-11H2,1-3H3,(H,20,25)(H,23,24). The highest BCUT2D eigenvalue weighted by atomic mass is 16.6. The fraction of sp³-hybridized carbons (Fsp3) is 0.526. The van der Waals surface area contributed by atoms with Crippen molar-refractivity contribution in [3.63, 3.8) is 0 Å². The predicted octanol–water partition coefficient (Wildman–Crippen LogP) is 2.29. The van der Waals surface area contributed by atoms with Gasteiger partial charge in [0.1, 0.15) is 5.60 Å². The number of nitrogens with zero attached hydrogens (tertiary/aromatic N) is 2. The number of fused-ring (bicyclic) bond motifs is 1. The number of hydrogen-bond acceptors (Lipinski definition) is 6. The van der Waals surface area contributed by atoms with Gasteiger partial charge in [0.05, 0.1) is 49.4 Å². The van der Waals surface area contributed by atoms with Crippen molar-refractivity contribution in [2.75, 3.05) is 33.0 Å². The van der Waals surface area contributed by atoms with Crippen LogP contribution in [0.15, 0.2) is 24.5 Å². The van der Waals surface area contributed by atoms with Crippen LogP contribution in [0.3, 0.4) is 0 Å². The van der Waals surface area contributed by atoms with Crippen LogP contribution in [0.1, 0.15) is 31.1 Å². The topological polar surface area (TPSA) is 112 Å². The number of aromatic carboxylic acids is 1. The molecule has 0 saturated carbocycles. The summed E-state index contributed by atoms with van der Waals surface area (Å²) in [5.74, 6) is -0.971. The average molecular weight is 393 g/mol. The zero-order valence-electron chi connectivity index (χ0n) is 16.4. The molecular formula is C19H27N3O6. The minimum atomic E-state index is -0.971. The monoisotopic (exact) mass is 393 g/mol. The molecule has 28 heavy (non-hydrogen) atoms. The van der Waals surface area contributed by atoms with Gasteiger partial charge in [-0.15, -0.1) is 0 Å². The van der Waals surface area contributed by atoms with E-state index in [2.05, 4.69) is 10.3 Å². The minimum absolute atomic E-state index is 0.215. The van der Waals surface area contributed by atoms with Crippen LogP contribution < -0.4 is 5.32 Å². The molecule has 2 rings (SSSR count). The Morgan fingerprint density at radius 2 is 1.86 bits per heavy atom. The van der Waals surface area contributed by atoms with Crippen LogP contribution in [0.5, 0.6) is 0 Å². The number of carbonyl (C=O) groups excluding carboxylic acids is 1. The van der Waals surface area contributed by atoms with Gasteiger partial charge in [-0.3, -0.25) is 0 Å². The number of hydrogen-bond donors (Lipinski definition) is 2. The molecule has 1 heterocycles. The highest BCUT2D eigenvalue weighted by Gasteiger charge is 2.15. The summed E-state index contributed by atoms with van der Waals surface area (Å²) in [6.45, 7) is 8.09. The van der Waals surface area contributed by atoms with Gasteiger partial charge < -0.3 is 29.2 Å². The van der Waals surface area contributed by atoms with Gasteiger partial charge >= 0.3 is 12.1 Å². The molecule has 154 valence electrons. The van der Waals surface area contributed by atoms with Crippen molar-refractivity contribution >= 4 is 23.1 Å². The van der Waals surface area contributed by atoms with Crippen molar-refractivity contribution in [2.24, 2.45) is 0 Å². The lowest BCUT2D eigenvalue weighted by Gasteiger charge is -2.19. The van der Waals surface area contributed by atoms with Gasteiger partial charge in [0.15, 0.2) is 0 Å². The van der Waals surface area contributed by atoms with Gasteiger partial charge in [0.2, 0.25) is 0 Å². The van der Waals surface area contributed by atoms with Crippen LogP contribution in [0.2, 0.25) is 0 Å². The molecule has 0 fully saturated rings. The number of nitrogens with one attached hydrogen (secondary N) is 1. The molecule has 0 radical (unpaired) electrons. The molecular weight excluding hydrogens is 366 g/mol. The minimum Gasteiger partial charge on any atom is -0.478 e. The number of rotatable bonds is 10. The van der Waals surface area contributed by atoms with Crippen LogP contribution in [-0.2, 0) is 20.8 Å². The summed E-state index contributed by atoms with van der Waals surface area (Å²) in [4.78, 5) is 26.6. The smallest absolute Gasteiger partial charge is 0.407 e. The molecule has 1 aromatic heterocycles. The Bertz CT molecular complexity index is 797. The Labute approximate surface area is 163 Å². The average Bonchev–Trinajstić information content (AvgIpc) is 3.01. The van der Waals surface area contributed by atoms with Gasteiger partial charge in [0, 0.05) is 13.1 Å². The predicted molar refractivity (Wildman–Crippen MR) is 103 cm³/mol. The molecule has 0 unspecified atom stereocenters. The van der Waals surface area contributed by atoms with Crippen molar-refractivity contribution in [1.82, 2.24) is 14.9 Å². The molecule has 0 saturated heterocycles. The summed E-state index contributed by atoms with van der Waals surface area (Å²) in [6.07, 6.45) is 1.20. The molecule has 0 bridgehead atoms. The van der Waals surface area contributed by atoms with Crippen LogP contribution in [-0.4, -0.2) is 65.3 Å². The highest BCUT2D eigenvalue weighted by molar-refractivity contribution is 5.92. The van der Waals surface area contributed by atoms with E-state index < -0.39 is 17.7 Å². The fourth-order valence-electron chi connectivity index (χ4n) is 2.40. The molecule has 9 nitrogen and oxygen atoms in total. The zero-order chi connectivity index (χ0) is 20.6. The maximum absolute atomic E-state index is 11.4. The van der Waals surface area contributed by atoms with Gasteiger partial charge in [-0.1, -0.05) is 0 Å². The number of benzene rings is 1. The zero-order valence-corrected chi connectivity index (χ0v) is 16.4. The summed E-state index contributed by atoms with van der Waals surface area (Å²) in [5, 5.41) is 11.6. The number of alkyl carbamates (subject to hydrolysis) is 1. The van der Waals surface area contributed by atoms with E-state index in [1.54, 1.807) is 45.3 Å². The number of imidazole rings is 1. The number of amides is 1. The van der Waals surface area contributed by atoms with E-state index in [-0.39, 0.29) is 5.56 Å². The van der Waals surface area contributed by atoms with E-state index >= 15 is 0 Å². The van der Waals surface area contributed by atoms with Crippen LogP contribution in [0, 0.1) is 0 Å². The lowest BCUT2D eigenvalue weighted by atomic mass is 10.2. The second kappa shape index (κ2) is 10.0. The van der Waals surface area contributed by atoms with E-state index in [1.165, 1.54) is 0 Å². The van der Waals surface area contributed by atoms with E-state index in [4.69, 9.17) is 19.3 Å². The highest BCUT2D eigenvalue weighted by Crippen LogP contribution is 2.15. The first-order valence-corrected chi connectivity index (χ1v) is 9.07. The molecule has 0 aliphatic carbocycles. The third kappa shape index (κ3) is 7.16. The third-order valence-electron chi connectivity index (χ3n) is 3.63. The van der Waals surface area contributed by atoms with Gasteiger partial charge in [0.25, 0.3) is 0 Å². The van der Waals surface area contributed by atoms with Crippen molar-refractivity contribution in [2.45, 2.75) is 32.9 Å². The number of carboxylic acid groups (broad SMARTS) is 1. The third-order valence-corrected chi connectivity index (χ3v) is 3.63. The van der Waals surface area contributed by atoms with Gasteiger partial charge in [-0.25, -0.2) is 14.6 Å². The quantitative estimate of drug-likeness (QED) is 0.596. The Kier molecular flexibility index (Phi) is 7.77. The molecule has 1 amide bonds. The van der Waals surface area contributed by atoms with Crippen LogP contribution in [0.4, 0.5) is 4.79 Å². The first-order valence-electron chi connectivity index (χ1n) is 9.07. The number of aromatic nitrogens is 2. The number of carbonyl (C=O) groups is 2. The molecule has 0 atom stereocenters. The summed E-state index contributed by atoms with van der Waals surface area (Å²) < 4.78 is 17.9. The Balaban J connectivity index is 1.57. The summed E-state index contributed by atoms with van der Waals surface area (Å²) >= 11 is 0. The second-order valence-electron chi connectivity index (χ2n) is 7.10. The van der Waals surface area contributed by atoms with Crippen molar-refractivity contribution in [3.05, 3.63) is 30.1 Å². The molecule has 2 aromatic rings. The summed E-state index contributed by atoms with van der Waals surface area (Å²) in [6, 6.07) is 4.85.